The van der Waals surface area contributed by atoms with Crippen molar-refractivity contribution in [2.45, 2.75) is 19.3 Å². The van der Waals surface area contributed by atoms with Gasteiger partial charge in [-0.3, -0.25) is 0 Å². The largest absolute Gasteiger partial charge is 0.373 e. The standard InChI is InChI=1S/C14H14BrN3/c1-16-14-11-6-3-7-12(11)17-13(18-14)9-4-2-5-10(15)8-9/h2,4-5,8H,3,6-7H2,1H3,(H,16,17,18). The van der Waals surface area contributed by atoms with E-state index in [9.17, 15) is 0 Å². The van der Waals surface area contributed by atoms with Crippen molar-refractivity contribution >= 4 is 21.7 Å². The van der Waals surface area contributed by atoms with Gasteiger partial charge in [0.1, 0.15) is 5.82 Å². The molecule has 1 aromatic heterocycles. The molecule has 1 N–H and O–H groups in total. The van der Waals surface area contributed by atoms with Crippen LogP contribution in [0.25, 0.3) is 11.4 Å². The molecule has 0 saturated heterocycles. The quantitative estimate of drug-likeness (QED) is 0.923. The lowest BCUT2D eigenvalue weighted by atomic mass is 10.2. The molecule has 1 aliphatic carbocycles. The summed E-state index contributed by atoms with van der Waals surface area (Å²) in [5, 5.41) is 3.19. The number of rotatable bonds is 2. The minimum absolute atomic E-state index is 0.807. The van der Waals surface area contributed by atoms with Crippen LogP contribution in [0.4, 0.5) is 5.82 Å². The van der Waals surface area contributed by atoms with Gasteiger partial charge in [0.2, 0.25) is 0 Å². The fourth-order valence-electron chi connectivity index (χ4n) is 2.40. The molecule has 18 heavy (non-hydrogen) atoms. The first-order chi connectivity index (χ1) is 8.78. The molecule has 0 amide bonds. The van der Waals surface area contributed by atoms with Crippen LogP contribution in [-0.4, -0.2) is 17.0 Å². The van der Waals surface area contributed by atoms with Gasteiger partial charge in [-0.1, -0.05) is 28.1 Å². The van der Waals surface area contributed by atoms with Gasteiger partial charge in [0, 0.05) is 28.3 Å². The maximum absolute atomic E-state index is 4.70. The highest BCUT2D eigenvalue weighted by molar-refractivity contribution is 9.10. The number of hydrogen-bond acceptors (Lipinski definition) is 3. The Morgan fingerprint density at radius 2 is 2.11 bits per heavy atom. The van der Waals surface area contributed by atoms with Crippen molar-refractivity contribution in [3.63, 3.8) is 0 Å². The van der Waals surface area contributed by atoms with Crippen LogP contribution in [0.2, 0.25) is 0 Å². The normalized spacial score (nSPS) is 13.4. The average Bonchev–Trinajstić information content (AvgIpc) is 2.85. The first-order valence-electron chi connectivity index (χ1n) is 6.11. The highest BCUT2D eigenvalue weighted by Crippen LogP contribution is 2.29. The SMILES string of the molecule is CNc1nc(-c2cccc(Br)c2)nc2c1CCC2. The molecular weight excluding hydrogens is 290 g/mol. The highest BCUT2D eigenvalue weighted by atomic mass is 79.9. The Hall–Kier alpha value is -1.42. The van der Waals surface area contributed by atoms with E-state index in [1.54, 1.807) is 0 Å². The molecule has 1 heterocycles. The van der Waals surface area contributed by atoms with Gasteiger partial charge in [-0.05, 0) is 31.4 Å². The summed E-state index contributed by atoms with van der Waals surface area (Å²) >= 11 is 3.49. The Bertz CT molecular complexity index is 596. The van der Waals surface area contributed by atoms with E-state index in [-0.39, 0.29) is 0 Å². The number of anilines is 1. The number of benzene rings is 1. The van der Waals surface area contributed by atoms with Crippen molar-refractivity contribution in [1.29, 1.82) is 0 Å². The van der Waals surface area contributed by atoms with Crippen LogP contribution in [0.1, 0.15) is 17.7 Å². The predicted octanol–water partition coefficient (Wildman–Crippen LogP) is 3.44. The Morgan fingerprint density at radius 3 is 2.89 bits per heavy atom. The van der Waals surface area contributed by atoms with Gasteiger partial charge in [-0.25, -0.2) is 9.97 Å². The molecule has 0 unspecified atom stereocenters. The zero-order chi connectivity index (χ0) is 12.5. The van der Waals surface area contributed by atoms with Crippen LogP contribution in [0.3, 0.4) is 0 Å². The predicted molar refractivity (Wildman–Crippen MR) is 76.7 cm³/mol. The Balaban J connectivity index is 2.13. The molecule has 0 atom stereocenters. The number of nitrogens with one attached hydrogen (secondary N) is 1. The monoisotopic (exact) mass is 303 g/mol. The van der Waals surface area contributed by atoms with Gasteiger partial charge in [-0.2, -0.15) is 0 Å². The fourth-order valence-corrected chi connectivity index (χ4v) is 2.80. The van der Waals surface area contributed by atoms with Crippen LogP contribution in [0.5, 0.6) is 0 Å². The fraction of sp³-hybridized carbons (Fsp3) is 0.286. The van der Waals surface area contributed by atoms with E-state index >= 15 is 0 Å². The molecule has 4 heteroatoms. The summed E-state index contributed by atoms with van der Waals surface area (Å²) < 4.78 is 1.05. The van der Waals surface area contributed by atoms with Crippen LogP contribution in [0, 0.1) is 0 Å². The zero-order valence-corrected chi connectivity index (χ0v) is 11.8. The van der Waals surface area contributed by atoms with E-state index < -0.39 is 0 Å². The van der Waals surface area contributed by atoms with Crippen molar-refractivity contribution in [3.05, 3.63) is 40.0 Å². The van der Waals surface area contributed by atoms with Gasteiger partial charge in [-0.15, -0.1) is 0 Å². The van der Waals surface area contributed by atoms with Gasteiger partial charge >= 0.3 is 0 Å². The van der Waals surface area contributed by atoms with Crippen molar-refractivity contribution in [3.8, 4) is 11.4 Å². The molecule has 92 valence electrons. The summed E-state index contributed by atoms with van der Waals surface area (Å²) in [4.78, 5) is 9.33. The first kappa shape index (κ1) is 11.7. The maximum atomic E-state index is 4.70. The van der Waals surface area contributed by atoms with E-state index in [1.165, 1.54) is 17.7 Å². The van der Waals surface area contributed by atoms with Crippen molar-refractivity contribution in [2.24, 2.45) is 0 Å². The van der Waals surface area contributed by atoms with E-state index in [1.807, 2.05) is 25.2 Å². The number of hydrogen-bond donors (Lipinski definition) is 1. The highest BCUT2D eigenvalue weighted by Gasteiger charge is 2.19. The van der Waals surface area contributed by atoms with Gasteiger partial charge < -0.3 is 5.32 Å². The molecule has 2 aromatic rings. The second-order valence-corrected chi connectivity index (χ2v) is 5.35. The average molecular weight is 304 g/mol. The third-order valence-corrected chi connectivity index (χ3v) is 3.75. The Labute approximate surface area is 115 Å². The van der Waals surface area contributed by atoms with Crippen molar-refractivity contribution in [2.75, 3.05) is 12.4 Å². The molecule has 0 fully saturated rings. The van der Waals surface area contributed by atoms with Crippen LogP contribution in [0.15, 0.2) is 28.7 Å². The zero-order valence-electron chi connectivity index (χ0n) is 10.2. The minimum Gasteiger partial charge on any atom is -0.373 e. The third kappa shape index (κ3) is 2.01. The third-order valence-electron chi connectivity index (χ3n) is 3.25. The lowest BCUT2D eigenvalue weighted by molar-refractivity contribution is 0.900. The van der Waals surface area contributed by atoms with Gasteiger partial charge in [0.15, 0.2) is 5.82 Å². The summed E-state index contributed by atoms with van der Waals surface area (Å²) in [5.74, 6) is 1.79. The molecule has 0 bridgehead atoms. The molecule has 3 nitrogen and oxygen atoms in total. The summed E-state index contributed by atoms with van der Waals surface area (Å²) in [6.07, 6.45) is 3.33. The summed E-state index contributed by atoms with van der Waals surface area (Å²) in [5.41, 5.74) is 3.54. The molecule has 1 aliphatic rings. The van der Waals surface area contributed by atoms with E-state index in [0.29, 0.717) is 0 Å². The van der Waals surface area contributed by atoms with E-state index in [2.05, 4.69) is 32.3 Å². The lowest BCUT2D eigenvalue weighted by Crippen LogP contribution is -2.03. The second kappa shape index (κ2) is 4.69. The molecule has 0 saturated carbocycles. The first-order valence-corrected chi connectivity index (χ1v) is 6.90. The maximum Gasteiger partial charge on any atom is 0.161 e. The second-order valence-electron chi connectivity index (χ2n) is 4.43. The molecule has 1 aromatic carbocycles. The Morgan fingerprint density at radius 1 is 1.22 bits per heavy atom. The van der Waals surface area contributed by atoms with E-state index in [4.69, 9.17) is 4.98 Å². The molecular formula is C14H14BrN3. The number of fused-ring (bicyclic) bond motifs is 1. The molecule has 3 rings (SSSR count). The minimum atomic E-state index is 0.807. The van der Waals surface area contributed by atoms with Crippen LogP contribution < -0.4 is 5.32 Å². The van der Waals surface area contributed by atoms with Crippen molar-refractivity contribution in [1.82, 2.24) is 9.97 Å². The number of aryl methyl sites for hydroxylation is 1. The van der Waals surface area contributed by atoms with Gasteiger partial charge in [0.25, 0.3) is 0 Å². The van der Waals surface area contributed by atoms with Crippen LogP contribution >= 0.6 is 15.9 Å². The Kier molecular flexibility index (Phi) is 3.04. The molecule has 0 spiro atoms. The number of halogens is 1. The summed E-state index contributed by atoms with van der Waals surface area (Å²) in [6, 6.07) is 8.11. The smallest absolute Gasteiger partial charge is 0.161 e. The van der Waals surface area contributed by atoms with Crippen LogP contribution in [-0.2, 0) is 12.8 Å². The number of aromatic nitrogens is 2. The number of nitrogens with zero attached hydrogens (tertiary/aromatic N) is 2. The van der Waals surface area contributed by atoms with Crippen molar-refractivity contribution < 1.29 is 0 Å². The van der Waals surface area contributed by atoms with E-state index in [0.717, 1.165) is 34.5 Å². The summed E-state index contributed by atoms with van der Waals surface area (Å²) in [7, 11) is 1.92. The molecule has 0 aliphatic heterocycles. The summed E-state index contributed by atoms with van der Waals surface area (Å²) in [6.45, 7) is 0. The lowest BCUT2D eigenvalue weighted by Gasteiger charge is -2.09. The van der Waals surface area contributed by atoms with Gasteiger partial charge in [0.05, 0.1) is 0 Å². The molecule has 0 radical (unpaired) electrons. The topological polar surface area (TPSA) is 37.8 Å².